The van der Waals surface area contributed by atoms with Crippen LogP contribution in [0.4, 0.5) is 11.4 Å². The number of para-hydroxylation sites is 2. The number of benzene rings is 2. The number of carbonyl (C=O) groups excluding carboxylic acids is 4. The van der Waals surface area contributed by atoms with E-state index in [9.17, 15) is 39.6 Å². The summed E-state index contributed by atoms with van der Waals surface area (Å²) in [4.78, 5) is 56.6. The van der Waals surface area contributed by atoms with Crippen LogP contribution in [0.1, 0.15) is 11.1 Å². The molecule has 14 nitrogen and oxygen atoms in total. The topological polar surface area (TPSA) is 186 Å². The summed E-state index contributed by atoms with van der Waals surface area (Å²) in [7, 11) is 6.89. The minimum absolute atomic E-state index is 0.498. The van der Waals surface area contributed by atoms with Crippen LogP contribution in [0.2, 0.25) is 0 Å². The lowest BCUT2D eigenvalue weighted by Crippen LogP contribution is -2.79. The zero-order chi connectivity index (χ0) is 33.6. The zero-order valence-corrected chi connectivity index (χ0v) is 28.5. The van der Waals surface area contributed by atoms with Crippen LogP contribution in [-0.4, -0.2) is 135 Å². The molecule has 4 amide bonds. The fraction of sp³-hybridized carbons (Fsp3) is 0.467. The van der Waals surface area contributed by atoms with E-state index in [1.807, 2.05) is 0 Å². The Kier molecular flexibility index (Phi) is 5.45. The van der Waals surface area contributed by atoms with Gasteiger partial charge >= 0.3 is 0 Å². The molecule has 18 heteroatoms. The number of aliphatic hydroxyl groups is 4. The molecule has 0 unspecified atom stereocenters. The molecule has 250 valence electrons. The second kappa shape index (κ2) is 8.71. The van der Waals surface area contributed by atoms with E-state index in [1.165, 1.54) is 33.7 Å². The minimum atomic E-state index is -1.91. The normalized spacial score (nSPS) is 45.5. The van der Waals surface area contributed by atoms with Gasteiger partial charge in [-0.1, -0.05) is 36.4 Å². The molecule has 8 saturated heterocycles. The molecule has 0 aromatic heterocycles. The summed E-state index contributed by atoms with van der Waals surface area (Å²) in [5.41, 5.74) is -1.46. The maximum Gasteiger partial charge on any atom is 0.265 e. The molecule has 0 radical (unpaired) electrons. The Hall–Kier alpha value is -2.84. The van der Waals surface area contributed by atoms with Gasteiger partial charge in [0.2, 0.25) is 19.5 Å². The van der Waals surface area contributed by atoms with Gasteiger partial charge in [0.05, 0.1) is 24.0 Å². The summed E-state index contributed by atoms with van der Waals surface area (Å²) in [5, 5.41) is 54.7. The highest BCUT2D eigenvalue weighted by molar-refractivity contribution is 8.78. The minimum Gasteiger partial charge on any atom is -0.392 e. The molecule has 10 aliphatic heterocycles. The van der Waals surface area contributed by atoms with Gasteiger partial charge in [-0.15, -0.1) is 0 Å². The Balaban J connectivity index is 1.34. The number of carbonyl (C=O) groups is 4. The Morgan fingerprint density at radius 1 is 0.625 bits per heavy atom. The number of aliphatic hydroxyl groups excluding tert-OH is 4. The molecule has 0 aliphatic carbocycles. The van der Waals surface area contributed by atoms with E-state index in [4.69, 9.17) is 0 Å². The summed E-state index contributed by atoms with van der Waals surface area (Å²) in [5.74, 6) is -2.36. The van der Waals surface area contributed by atoms with Crippen LogP contribution >= 0.6 is 43.2 Å². The van der Waals surface area contributed by atoms with Crippen molar-refractivity contribution in [3.63, 3.8) is 0 Å². The average molecular weight is 729 g/mol. The van der Waals surface area contributed by atoms with Crippen molar-refractivity contribution >= 4 is 78.2 Å². The number of fused-ring (bicyclic) bond motifs is 11. The average Bonchev–Trinajstić information content (AvgIpc) is 3.75. The molecule has 10 aliphatic rings. The van der Waals surface area contributed by atoms with E-state index in [2.05, 4.69) is 10.6 Å². The van der Waals surface area contributed by atoms with E-state index in [1.54, 1.807) is 48.5 Å². The predicted octanol–water partition coefficient (Wildman–Crippen LogP) is -0.724. The lowest BCUT2D eigenvalue weighted by molar-refractivity contribution is -0.169. The van der Waals surface area contributed by atoms with Crippen LogP contribution in [0.5, 0.6) is 0 Å². The van der Waals surface area contributed by atoms with E-state index >= 15 is 0 Å². The number of rotatable bonds is 3. The Morgan fingerprint density at radius 2 is 1.00 bits per heavy atom. The number of nitrogens with one attached hydrogen (secondary N) is 2. The van der Waals surface area contributed by atoms with Crippen LogP contribution in [0, 0.1) is 0 Å². The zero-order valence-electron chi connectivity index (χ0n) is 25.2. The van der Waals surface area contributed by atoms with E-state index in [0.717, 1.165) is 43.2 Å². The monoisotopic (exact) mass is 728 g/mol. The molecular weight excluding hydrogens is 701 g/mol. The SMILES string of the molecule is CN1C(=O)[C@]23SS[C@@]1(CO)C(=O)N2[C@H]1Nc2ccccc2[C@@]1([C@@]12c4ccccc4N[C@@H]1N1C(=O)[C@@]4(CO)SS[C@@]1(C(=O)N4C)[C@H]2O)[C@@H]3O. The van der Waals surface area contributed by atoms with Crippen molar-refractivity contribution in [2.45, 2.75) is 54.9 Å². The van der Waals surface area contributed by atoms with Gasteiger partial charge in [-0.2, -0.15) is 0 Å². The van der Waals surface area contributed by atoms with Crippen LogP contribution in [0.25, 0.3) is 0 Å². The number of hydrogen-bond donors (Lipinski definition) is 6. The van der Waals surface area contributed by atoms with Gasteiger partial charge in [-0.3, -0.25) is 29.0 Å². The van der Waals surface area contributed by atoms with Crippen molar-refractivity contribution in [2.75, 3.05) is 37.9 Å². The summed E-state index contributed by atoms with van der Waals surface area (Å²) in [6.45, 7) is -1.35. The summed E-state index contributed by atoms with van der Waals surface area (Å²) in [6, 6.07) is 14.2. The van der Waals surface area contributed by atoms with Crippen molar-refractivity contribution in [3.05, 3.63) is 59.7 Å². The molecule has 4 bridgehead atoms. The van der Waals surface area contributed by atoms with Crippen LogP contribution in [0.15, 0.2) is 48.5 Å². The van der Waals surface area contributed by atoms with Gasteiger partial charge < -0.3 is 40.9 Å². The number of amides is 4. The first-order valence-corrected chi connectivity index (χ1v) is 19.5. The molecule has 2 spiro atoms. The molecular formula is C30H28N6O8S4. The first-order chi connectivity index (χ1) is 23.0. The molecule has 10 heterocycles. The Bertz CT molecular complexity index is 1810. The fourth-order valence-electron chi connectivity index (χ4n) is 10.0. The highest BCUT2D eigenvalue weighted by Crippen LogP contribution is 2.78. The van der Waals surface area contributed by atoms with Crippen molar-refractivity contribution in [3.8, 4) is 0 Å². The van der Waals surface area contributed by atoms with E-state index in [-0.39, 0.29) is 0 Å². The van der Waals surface area contributed by atoms with Gasteiger partial charge in [0, 0.05) is 25.5 Å². The van der Waals surface area contributed by atoms with Crippen molar-refractivity contribution in [1.29, 1.82) is 0 Å². The molecule has 0 saturated carbocycles. The van der Waals surface area contributed by atoms with Gasteiger partial charge in [0.1, 0.15) is 24.5 Å². The quantitative estimate of drug-likeness (QED) is 0.218. The van der Waals surface area contributed by atoms with Gasteiger partial charge in [0.25, 0.3) is 23.6 Å². The molecule has 12 rings (SSSR count). The Morgan fingerprint density at radius 3 is 1.38 bits per heavy atom. The predicted molar refractivity (Wildman–Crippen MR) is 178 cm³/mol. The third-order valence-electron chi connectivity index (χ3n) is 12.2. The molecule has 2 aromatic carbocycles. The van der Waals surface area contributed by atoms with Gasteiger partial charge in [-0.25, -0.2) is 0 Å². The number of piperazine rings is 2. The third-order valence-corrected chi connectivity index (χ3v) is 19.4. The van der Waals surface area contributed by atoms with Crippen molar-refractivity contribution < 1.29 is 39.6 Å². The highest BCUT2D eigenvalue weighted by atomic mass is 33.1. The summed E-state index contributed by atoms with van der Waals surface area (Å²) < 4.78 is 0. The molecule has 6 N–H and O–H groups in total. The van der Waals surface area contributed by atoms with Gasteiger partial charge in [-0.05, 0) is 66.4 Å². The first-order valence-electron chi connectivity index (χ1n) is 15.2. The maximum atomic E-state index is 14.7. The lowest BCUT2D eigenvalue weighted by atomic mass is 9.52. The second-order valence-electron chi connectivity index (χ2n) is 13.4. The highest BCUT2D eigenvalue weighted by Gasteiger charge is 2.93. The van der Waals surface area contributed by atoms with E-state index in [0.29, 0.717) is 22.5 Å². The smallest absolute Gasteiger partial charge is 0.265 e. The molecule has 8 fully saturated rings. The van der Waals surface area contributed by atoms with E-state index < -0.39 is 91.7 Å². The van der Waals surface area contributed by atoms with Crippen molar-refractivity contribution in [2.24, 2.45) is 0 Å². The first kappa shape index (κ1) is 30.0. The largest absolute Gasteiger partial charge is 0.392 e. The fourth-order valence-corrected chi connectivity index (χ4v) is 17.4. The Labute approximate surface area is 288 Å². The summed E-state index contributed by atoms with van der Waals surface area (Å²) in [6.07, 6.45) is -5.79. The van der Waals surface area contributed by atoms with Crippen LogP contribution in [-0.2, 0) is 30.0 Å². The van der Waals surface area contributed by atoms with Crippen LogP contribution in [0.3, 0.4) is 0 Å². The van der Waals surface area contributed by atoms with Crippen LogP contribution < -0.4 is 10.6 Å². The third kappa shape index (κ3) is 2.47. The number of nitrogens with zero attached hydrogens (tertiary/aromatic N) is 4. The van der Waals surface area contributed by atoms with Crippen molar-refractivity contribution in [1.82, 2.24) is 19.6 Å². The summed E-state index contributed by atoms with van der Waals surface area (Å²) >= 11 is 0. The number of hydrogen-bond acceptors (Lipinski definition) is 14. The molecule has 2 aromatic rings. The second-order valence-corrected chi connectivity index (χ2v) is 18.7. The maximum absolute atomic E-state index is 14.7. The molecule has 10 atom stereocenters. The lowest BCUT2D eigenvalue weighted by Gasteiger charge is -2.58. The van der Waals surface area contributed by atoms with Gasteiger partial charge in [0.15, 0.2) is 0 Å². The number of likely N-dealkylation sites (N-methyl/N-ethyl adjacent to an activating group) is 2. The molecule has 48 heavy (non-hydrogen) atoms. The standard InChI is InChI=1S/C30H28N6O8S4/c1-33-23(43)29-17(39)27(13-7-3-5-9-15(13)31-19(27)35(29)21(41)25(33,11-37)45-47-29)28-14-8-4-6-10-16(14)32-20(28)36-22(42)26(12-38)34(2)24(44)30(36,18(28)40)48-46-26/h3-10,17-20,31-32,37-40H,11-12H2,1-2H3/t17-,18-,19+,20+,25-,26+,27+,28+,29-,30+/m0/s1. The number of anilines is 2.